The van der Waals surface area contributed by atoms with Gasteiger partial charge < -0.3 is 15.0 Å². The number of pyridine rings is 1. The summed E-state index contributed by atoms with van der Waals surface area (Å²) in [5.74, 6) is 1.24. The fourth-order valence-corrected chi connectivity index (χ4v) is 4.25. The molecule has 2 heterocycles. The highest BCUT2D eigenvalue weighted by atomic mass is 16.5. The molecule has 3 aromatic rings. The summed E-state index contributed by atoms with van der Waals surface area (Å²) in [5.41, 5.74) is 4.09. The summed E-state index contributed by atoms with van der Waals surface area (Å²) in [7, 11) is 3.46. The lowest BCUT2D eigenvalue weighted by molar-refractivity contribution is -0.122. The molecule has 1 atom stereocenters. The molecule has 0 aliphatic heterocycles. The molecule has 7 heteroatoms. The van der Waals surface area contributed by atoms with Crippen LogP contribution in [0.15, 0.2) is 29.1 Å². The monoisotopic (exact) mass is 408 g/mol. The average molecular weight is 409 g/mol. The van der Waals surface area contributed by atoms with Crippen molar-refractivity contribution >= 4 is 16.9 Å². The molecule has 1 fully saturated rings. The van der Waals surface area contributed by atoms with Crippen LogP contribution in [0.1, 0.15) is 47.7 Å². The third-order valence-electron chi connectivity index (χ3n) is 6.04. The third-order valence-corrected chi connectivity index (χ3v) is 6.04. The molecule has 1 aromatic carbocycles. The van der Waals surface area contributed by atoms with Crippen molar-refractivity contribution in [1.29, 1.82) is 0 Å². The van der Waals surface area contributed by atoms with Crippen molar-refractivity contribution in [3.8, 4) is 5.75 Å². The normalized spacial score (nSPS) is 14.7. The Morgan fingerprint density at radius 3 is 2.63 bits per heavy atom. The topological polar surface area (TPSA) is 89.0 Å². The molecule has 4 rings (SSSR count). The number of amides is 1. The highest BCUT2D eigenvalue weighted by Gasteiger charge is 2.33. The lowest BCUT2D eigenvalue weighted by Crippen LogP contribution is -2.30. The zero-order chi connectivity index (χ0) is 21.4. The first kappa shape index (κ1) is 20.2. The van der Waals surface area contributed by atoms with E-state index in [0.717, 1.165) is 46.4 Å². The number of hydrogen-bond acceptors (Lipinski definition) is 4. The number of rotatable bonds is 7. The predicted octanol–water partition coefficient (Wildman–Crippen LogP) is 3.09. The summed E-state index contributed by atoms with van der Waals surface area (Å²) in [6, 6.07) is 7.87. The van der Waals surface area contributed by atoms with Crippen molar-refractivity contribution in [2.24, 2.45) is 13.0 Å². The number of H-pyrrole nitrogens is 1. The summed E-state index contributed by atoms with van der Waals surface area (Å²) in [4.78, 5) is 28.3. The molecular weight excluding hydrogens is 380 g/mol. The van der Waals surface area contributed by atoms with Crippen molar-refractivity contribution in [2.45, 2.75) is 45.6 Å². The van der Waals surface area contributed by atoms with Crippen LogP contribution in [0.5, 0.6) is 5.75 Å². The number of hydrogen-bond donors (Lipinski definition) is 2. The van der Waals surface area contributed by atoms with E-state index in [1.165, 1.54) is 0 Å². The molecule has 0 spiro atoms. The van der Waals surface area contributed by atoms with Gasteiger partial charge >= 0.3 is 0 Å². The summed E-state index contributed by atoms with van der Waals surface area (Å²) in [5, 5.41) is 8.54. The molecule has 0 bridgehead atoms. The summed E-state index contributed by atoms with van der Waals surface area (Å²) in [6.07, 6.45) is 2.91. The van der Waals surface area contributed by atoms with E-state index in [1.807, 2.05) is 45.2 Å². The van der Waals surface area contributed by atoms with Crippen LogP contribution in [-0.4, -0.2) is 27.8 Å². The Morgan fingerprint density at radius 1 is 1.30 bits per heavy atom. The summed E-state index contributed by atoms with van der Waals surface area (Å²) >= 11 is 0. The van der Waals surface area contributed by atoms with E-state index in [0.29, 0.717) is 17.9 Å². The van der Waals surface area contributed by atoms with Crippen molar-refractivity contribution in [3.63, 3.8) is 0 Å². The van der Waals surface area contributed by atoms with Crippen LogP contribution >= 0.6 is 0 Å². The maximum Gasteiger partial charge on any atom is 0.253 e. The Bertz CT molecular complexity index is 1140. The lowest BCUT2D eigenvalue weighted by Gasteiger charge is -2.19. The number of carbonyl (C=O) groups is 1. The number of carbonyl (C=O) groups excluding carboxylic acids is 1. The Hall–Kier alpha value is -3.09. The van der Waals surface area contributed by atoms with E-state index < -0.39 is 0 Å². The van der Waals surface area contributed by atoms with Crippen molar-refractivity contribution in [3.05, 3.63) is 57.0 Å². The number of fused-ring (bicyclic) bond motifs is 1. The Morgan fingerprint density at radius 2 is 2.00 bits per heavy atom. The van der Waals surface area contributed by atoms with Gasteiger partial charge in [-0.25, -0.2) is 0 Å². The molecule has 0 radical (unpaired) electrons. The Balaban J connectivity index is 1.49. The van der Waals surface area contributed by atoms with Crippen molar-refractivity contribution in [2.75, 3.05) is 7.11 Å². The van der Waals surface area contributed by atoms with E-state index in [-0.39, 0.29) is 23.9 Å². The lowest BCUT2D eigenvalue weighted by atomic mass is 10.00. The first-order valence-corrected chi connectivity index (χ1v) is 10.4. The van der Waals surface area contributed by atoms with Crippen LogP contribution in [0.3, 0.4) is 0 Å². The minimum absolute atomic E-state index is 0.00540. The number of benzene rings is 1. The Kier molecular flexibility index (Phi) is 5.37. The average Bonchev–Trinajstić information content (AvgIpc) is 3.52. The largest absolute Gasteiger partial charge is 0.497 e. The minimum Gasteiger partial charge on any atom is -0.497 e. The molecule has 1 aliphatic rings. The number of aromatic nitrogens is 3. The molecular formula is C23H28N4O3. The van der Waals surface area contributed by atoms with Crippen LogP contribution < -0.4 is 15.6 Å². The van der Waals surface area contributed by atoms with Gasteiger partial charge in [0.1, 0.15) is 11.4 Å². The van der Waals surface area contributed by atoms with E-state index in [9.17, 15) is 9.59 Å². The second-order valence-electron chi connectivity index (χ2n) is 8.15. The smallest absolute Gasteiger partial charge is 0.253 e. The number of aromatic amines is 1. The Labute approximate surface area is 175 Å². The number of nitrogens with one attached hydrogen (secondary N) is 2. The van der Waals surface area contributed by atoms with Crippen LogP contribution in [0, 0.1) is 19.8 Å². The molecule has 1 amide bonds. The van der Waals surface area contributed by atoms with Gasteiger partial charge in [0.25, 0.3) is 5.56 Å². The second-order valence-corrected chi connectivity index (χ2v) is 8.15. The third kappa shape index (κ3) is 3.84. The van der Waals surface area contributed by atoms with Crippen molar-refractivity contribution in [1.82, 2.24) is 20.1 Å². The van der Waals surface area contributed by atoms with Gasteiger partial charge in [-0.05, 0) is 62.3 Å². The van der Waals surface area contributed by atoms with Gasteiger partial charge in [-0.1, -0.05) is 12.1 Å². The van der Waals surface area contributed by atoms with E-state index in [2.05, 4.69) is 15.4 Å². The molecule has 1 aliphatic carbocycles. The number of methoxy groups -OCH3 is 1. The zero-order valence-corrected chi connectivity index (χ0v) is 17.9. The van der Waals surface area contributed by atoms with Gasteiger partial charge in [0, 0.05) is 24.4 Å². The van der Waals surface area contributed by atoms with Crippen LogP contribution in [0.4, 0.5) is 0 Å². The molecule has 1 saturated carbocycles. The molecule has 1 unspecified atom stereocenters. The van der Waals surface area contributed by atoms with Gasteiger partial charge in [0.15, 0.2) is 0 Å². The maximum absolute atomic E-state index is 12.7. The number of aryl methyl sites for hydroxylation is 3. The predicted molar refractivity (Wildman–Crippen MR) is 116 cm³/mol. The van der Waals surface area contributed by atoms with Crippen LogP contribution in [0.25, 0.3) is 11.0 Å². The molecule has 0 saturated heterocycles. The van der Waals surface area contributed by atoms with E-state index >= 15 is 0 Å². The number of ether oxygens (including phenoxy) is 1. The highest BCUT2D eigenvalue weighted by Crippen LogP contribution is 2.41. The second kappa shape index (κ2) is 7.97. The van der Waals surface area contributed by atoms with Crippen LogP contribution in [0.2, 0.25) is 0 Å². The minimum atomic E-state index is -0.148. The molecule has 2 aromatic heterocycles. The highest BCUT2D eigenvalue weighted by molar-refractivity contribution is 5.83. The summed E-state index contributed by atoms with van der Waals surface area (Å²) in [6.45, 7) is 3.86. The SMILES string of the molecule is COc1ccc(C(NC(=O)CCc2c(C)c3c(C)nn(C)c3[nH]c2=O)C2CC2)cc1. The van der Waals surface area contributed by atoms with Gasteiger partial charge in [-0.2, -0.15) is 5.10 Å². The van der Waals surface area contributed by atoms with Gasteiger partial charge in [-0.15, -0.1) is 0 Å². The van der Waals surface area contributed by atoms with Gasteiger partial charge in [0.05, 0.1) is 18.8 Å². The molecule has 158 valence electrons. The molecule has 2 N–H and O–H groups in total. The van der Waals surface area contributed by atoms with Crippen LogP contribution in [-0.2, 0) is 18.3 Å². The van der Waals surface area contributed by atoms with Gasteiger partial charge in [-0.3, -0.25) is 14.3 Å². The van der Waals surface area contributed by atoms with E-state index in [4.69, 9.17) is 4.74 Å². The molecule has 30 heavy (non-hydrogen) atoms. The van der Waals surface area contributed by atoms with Gasteiger partial charge in [0.2, 0.25) is 5.91 Å². The first-order chi connectivity index (χ1) is 14.4. The molecule has 7 nitrogen and oxygen atoms in total. The number of nitrogens with zero attached hydrogens (tertiary/aromatic N) is 2. The standard InChI is InChI=1S/C23H28N4O3/c1-13-18(23(29)25-22-20(13)14(2)26-27(22)3)11-12-19(28)24-21(15-5-6-15)16-7-9-17(30-4)10-8-16/h7-10,15,21H,5-6,11-12H2,1-4H3,(H,24,28)(H,25,29). The van der Waals surface area contributed by atoms with E-state index in [1.54, 1.807) is 11.8 Å². The fourth-order valence-electron chi connectivity index (χ4n) is 4.25. The first-order valence-electron chi connectivity index (χ1n) is 10.4. The van der Waals surface area contributed by atoms with Crippen molar-refractivity contribution < 1.29 is 9.53 Å². The quantitative estimate of drug-likeness (QED) is 0.629. The fraction of sp³-hybridized carbons (Fsp3) is 0.435. The summed E-state index contributed by atoms with van der Waals surface area (Å²) < 4.78 is 6.92. The maximum atomic E-state index is 12.7. The zero-order valence-electron chi connectivity index (χ0n) is 17.9.